The maximum atomic E-state index is 13.0. The van der Waals surface area contributed by atoms with Crippen molar-refractivity contribution in [3.8, 4) is 0 Å². The van der Waals surface area contributed by atoms with Crippen LogP contribution in [0, 0.1) is 5.82 Å². The molecular formula is C21H34FN5O. The first-order valence-electron chi connectivity index (χ1n) is 10.1. The molecule has 1 unspecified atom stereocenters. The monoisotopic (exact) mass is 391 g/mol. The maximum Gasteiger partial charge on any atom is 0.243 e. The lowest BCUT2D eigenvalue weighted by Gasteiger charge is -2.33. The van der Waals surface area contributed by atoms with Crippen molar-refractivity contribution in [1.29, 1.82) is 0 Å². The fraction of sp³-hybridized carbons (Fsp3) is 0.619. The van der Waals surface area contributed by atoms with Gasteiger partial charge in [-0.15, -0.1) is 0 Å². The summed E-state index contributed by atoms with van der Waals surface area (Å²) in [4.78, 5) is 20.3. The van der Waals surface area contributed by atoms with Crippen LogP contribution in [-0.4, -0.2) is 67.5 Å². The predicted octanol–water partition coefficient (Wildman–Crippen LogP) is 2.21. The van der Waals surface area contributed by atoms with E-state index in [1.54, 1.807) is 19.0 Å². The summed E-state index contributed by atoms with van der Waals surface area (Å²) >= 11 is 0. The molecular weight excluding hydrogens is 357 g/mol. The highest BCUT2D eigenvalue weighted by molar-refractivity contribution is 5.85. The third kappa shape index (κ3) is 7.46. The minimum absolute atomic E-state index is 0.0145. The zero-order valence-corrected chi connectivity index (χ0v) is 17.5. The van der Waals surface area contributed by atoms with Crippen molar-refractivity contribution in [1.82, 2.24) is 20.4 Å². The van der Waals surface area contributed by atoms with Crippen molar-refractivity contribution in [3.05, 3.63) is 35.6 Å². The van der Waals surface area contributed by atoms with Crippen LogP contribution >= 0.6 is 0 Å². The number of nitrogens with zero attached hydrogens (tertiary/aromatic N) is 3. The van der Waals surface area contributed by atoms with Crippen LogP contribution in [0.2, 0.25) is 0 Å². The summed E-state index contributed by atoms with van der Waals surface area (Å²) < 4.78 is 13.0. The van der Waals surface area contributed by atoms with Gasteiger partial charge in [0.2, 0.25) is 5.91 Å². The van der Waals surface area contributed by atoms with Crippen molar-refractivity contribution in [2.75, 3.05) is 33.7 Å². The molecule has 1 aliphatic rings. The Hall–Kier alpha value is -2.15. The average molecular weight is 392 g/mol. The second-order valence-electron chi connectivity index (χ2n) is 7.73. The lowest BCUT2D eigenvalue weighted by atomic mass is 10.0. The molecule has 6 nitrogen and oxygen atoms in total. The van der Waals surface area contributed by atoms with E-state index in [0.717, 1.165) is 44.5 Å². The van der Waals surface area contributed by atoms with Gasteiger partial charge in [-0.25, -0.2) is 9.38 Å². The second-order valence-corrected chi connectivity index (χ2v) is 7.73. The van der Waals surface area contributed by atoms with Gasteiger partial charge in [-0.2, -0.15) is 0 Å². The Bertz CT molecular complexity index is 639. The molecule has 1 fully saturated rings. The smallest absolute Gasteiger partial charge is 0.243 e. The first-order chi connectivity index (χ1) is 13.4. The van der Waals surface area contributed by atoms with E-state index >= 15 is 0 Å². The van der Waals surface area contributed by atoms with Crippen molar-refractivity contribution in [3.63, 3.8) is 0 Å². The van der Waals surface area contributed by atoms with Crippen LogP contribution in [0.4, 0.5) is 4.39 Å². The molecule has 1 aromatic rings. The Kier molecular flexibility index (Phi) is 8.70. The van der Waals surface area contributed by atoms with Gasteiger partial charge in [-0.05, 0) is 43.9 Å². The molecule has 1 aromatic carbocycles. The van der Waals surface area contributed by atoms with E-state index in [-0.39, 0.29) is 18.3 Å². The van der Waals surface area contributed by atoms with Gasteiger partial charge >= 0.3 is 0 Å². The number of rotatable bonds is 7. The normalized spacial score (nSPS) is 17.2. The number of aliphatic imine (C=N–C) groups is 1. The molecule has 28 heavy (non-hydrogen) atoms. The van der Waals surface area contributed by atoms with Crippen LogP contribution in [0.1, 0.15) is 38.7 Å². The zero-order valence-electron chi connectivity index (χ0n) is 17.5. The number of piperidine rings is 1. The minimum atomic E-state index is -0.194. The van der Waals surface area contributed by atoms with Crippen LogP contribution in [0.15, 0.2) is 29.3 Å². The number of nitrogens with one attached hydrogen (secondary N) is 2. The van der Waals surface area contributed by atoms with Gasteiger partial charge < -0.3 is 15.5 Å². The van der Waals surface area contributed by atoms with Crippen molar-refractivity contribution < 1.29 is 9.18 Å². The van der Waals surface area contributed by atoms with Gasteiger partial charge in [0, 0.05) is 45.8 Å². The van der Waals surface area contributed by atoms with Crippen LogP contribution in [0.3, 0.4) is 0 Å². The summed E-state index contributed by atoms with van der Waals surface area (Å²) in [7, 11) is 3.48. The Morgan fingerprint density at radius 3 is 2.50 bits per heavy atom. The minimum Gasteiger partial charge on any atom is -0.354 e. The van der Waals surface area contributed by atoms with Crippen LogP contribution < -0.4 is 10.6 Å². The topological polar surface area (TPSA) is 60.0 Å². The van der Waals surface area contributed by atoms with Gasteiger partial charge in [0.1, 0.15) is 12.4 Å². The van der Waals surface area contributed by atoms with E-state index in [2.05, 4.69) is 34.4 Å². The second kappa shape index (κ2) is 11.0. The zero-order chi connectivity index (χ0) is 20.5. The number of benzene rings is 1. The number of likely N-dealkylation sites (N-methyl/N-ethyl adjacent to an activating group) is 1. The van der Waals surface area contributed by atoms with Gasteiger partial charge in [-0.1, -0.05) is 19.1 Å². The van der Waals surface area contributed by atoms with Crippen LogP contribution in [-0.2, 0) is 11.3 Å². The fourth-order valence-corrected chi connectivity index (χ4v) is 3.03. The summed E-state index contributed by atoms with van der Waals surface area (Å²) in [5, 5.41) is 6.88. The number of likely N-dealkylation sites (tertiary alicyclic amines) is 1. The lowest BCUT2D eigenvalue weighted by molar-refractivity contribution is -0.127. The van der Waals surface area contributed by atoms with E-state index in [4.69, 9.17) is 0 Å². The van der Waals surface area contributed by atoms with Gasteiger partial charge in [0.15, 0.2) is 5.96 Å². The summed E-state index contributed by atoms with van der Waals surface area (Å²) in [6.07, 6.45) is 2.99. The molecule has 0 radical (unpaired) electrons. The molecule has 0 bridgehead atoms. The van der Waals surface area contributed by atoms with Crippen LogP contribution in [0.25, 0.3) is 0 Å². The molecule has 0 aromatic heterocycles. The highest BCUT2D eigenvalue weighted by Gasteiger charge is 2.20. The summed E-state index contributed by atoms with van der Waals surface area (Å²) in [5.41, 5.74) is 1.13. The molecule has 1 saturated heterocycles. The highest BCUT2D eigenvalue weighted by atomic mass is 19.1. The Balaban J connectivity index is 1.86. The molecule has 2 rings (SSSR count). The number of guanidine groups is 1. The summed E-state index contributed by atoms with van der Waals surface area (Å²) in [6, 6.07) is 7.35. The summed E-state index contributed by atoms with van der Waals surface area (Å²) in [6.45, 7) is 7.16. The standard InChI is InChI=1S/C21H34FN5O/c1-5-16(2)24-21(23-14-20(28)26(3)4)25-19-10-12-27(13-11-19)15-17-6-8-18(22)9-7-17/h6-9,16,19H,5,10-15H2,1-4H3,(H2,23,24,25). The quantitative estimate of drug-likeness (QED) is 0.553. The third-order valence-electron chi connectivity index (χ3n) is 5.11. The van der Waals surface area contributed by atoms with Gasteiger partial charge in [-0.3, -0.25) is 9.69 Å². The van der Waals surface area contributed by atoms with Crippen molar-refractivity contribution >= 4 is 11.9 Å². The molecule has 0 spiro atoms. The fourth-order valence-electron chi connectivity index (χ4n) is 3.03. The number of hydrogen-bond acceptors (Lipinski definition) is 3. The molecule has 1 atom stereocenters. The predicted molar refractivity (Wildman–Crippen MR) is 112 cm³/mol. The van der Waals surface area contributed by atoms with E-state index in [1.165, 1.54) is 12.1 Å². The maximum absolute atomic E-state index is 13.0. The number of hydrogen-bond donors (Lipinski definition) is 2. The molecule has 1 amide bonds. The van der Waals surface area contributed by atoms with Crippen molar-refractivity contribution in [2.45, 2.75) is 51.7 Å². The molecule has 0 aliphatic carbocycles. The number of amides is 1. The first-order valence-corrected chi connectivity index (χ1v) is 10.1. The molecule has 0 saturated carbocycles. The van der Waals surface area contributed by atoms with Crippen molar-refractivity contribution in [2.24, 2.45) is 4.99 Å². The van der Waals surface area contributed by atoms with Gasteiger partial charge in [0.05, 0.1) is 0 Å². The Morgan fingerprint density at radius 1 is 1.29 bits per heavy atom. The number of halogens is 1. The van der Waals surface area contributed by atoms with E-state index in [1.807, 2.05) is 12.1 Å². The Labute approximate surface area is 168 Å². The van der Waals surface area contributed by atoms with Crippen LogP contribution in [0.5, 0.6) is 0 Å². The molecule has 1 aliphatic heterocycles. The van der Waals surface area contributed by atoms with E-state index in [9.17, 15) is 9.18 Å². The lowest BCUT2D eigenvalue weighted by Crippen LogP contribution is -2.50. The largest absolute Gasteiger partial charge is 0.354 e. The number of carbonyl (C=O) groups excluding carboxylic acids is 1. The van der Waals surface area contributed by atoms with Gasteiger partial charge in [0.25, 0.3) is 0 Å². The van der Waals surface area contributed by atoms with E-state index < -0.39 is 0 Å². The first kappa shape index (κ1) is 22.1. The molecule has 7 heteroatoms. The highest BCUT2D eigenvalue weighted by Crippen LogP contribution is 2.14. The molecule has 1 heterocycles. The molecule has 2 N–H and O–H groups in total. The Morgan fingerprint density at radius 2 is 1.93 bits per heavy atom. The number of carbonyl (C=O) groups is 1. The average Bonchev–Trinajstić information content (AvgIpc) is 2.68. The summed E-state index contributed by atoms with van der Waals surface area (Å²) in [5.74, 6) is 0.501. The third-order valence-corrected chi connectivity index (χ3v) is 5.11. The molecule has 156 valence electrons. The van der Waals surface area contributed by atoms with E-state index in [0.29, 0.717) is 18.0 Å². The SMILES string of the molecule is CCC(C)NC(=NCC(=O)N(C)C)NC1CCN(Cc2ccc(F)cc2)CC1.